The van der Waals surface area contributed by atoms with Crippen molar-refractivity contribution in [1.29, 1.82) is 0 Å². The van der Waals surface area contributed by atoms with Crippen LogP contribution in [0.15, 0.2) is 6.33 Å². The lowest BCUT2D eigenvalue weighted by Gasteiger charge is -2.24. The smallest absolute Gasteiger partial charge is 0.264 e. The number of rotatable bonds is 4. The molecule has 0 radical (unpaired) electrons. The first kappa shape index (κ1) is 18.6. The molecule has 4 rings (SSSR count). The van der Waals surface area contributed by atoms with Gasteiger partial charge in [-0.15, -0.1) is 11.3 Å². The van der Waals surface area contributed by atoms with Crippen LogP contribution in [0.25, 0.3) is 10.2 Å². The quantitative estimate of drug-likeness (QED) is 0.857. The van der Waals surface area contributed by atoms with Crippen LogP contribution in [0.3, 0.4) is 0 Å². The highest BCUT2D eigenvalue weighted by molar-refractivity contribution is 7.20. The van der Waals surface area contributed by atoms with Gasteiger partial charge in [0.05, 0.1) is 16.4 Å². The SMILES string of the molecule is Cc1c(C(=O)N2CCCCCCC2)sc2ncnc(NCC3CCCO3)c12. The van der Waals surface area contributed by atoms with Crippen molar-refractivity contribution in [3.05, 3.63) is 16.8 Å². The van der Waals surface area contributed by atoms with E-state index in [-0.39, 0.29) is 12.0 Å². The van der Waals surface area contributed by atoms with Crippen LogP contribution in [0.2, 0.25) is 0 Å². The molecule has 0 spiro atoms. The summed E-state index contributed by atoms with van der Waals surface area (Å²) >= 11 is 1.50. The summed E-state index contributed by atoms with van der Waals surface area (Å²) in [5.74, 6) is 0.971. The van der Waals surface area contributed by atoms with Crippen molar-refractivity contribution in [2.75, 3.05) is 31.6 Å². The number of ether oxygens (including phenoxy) is 1. The molecule has 2 aliphatic rings. The minimum Gasteiger partial charge on any atom is -0.376 e. The summed E-state index contributed by atoms with van der Waals surface area (Å²) in [6.07, 6.45) is 9.97. The van der Waals surface area contributed by atoms with Crippen molar-refractivity contribution < 1.29 is 9.53 Å². The van der Waals surface area contributed by atoms with Crippen LogP contribution in [0.1, 0.15) is 60.2 Å². The van der Waals surface area contributed by atoms with Crippen LogP contribution in [-0.2, 0) is 4.74 Å². The molecule has 146 valence electrons. The van der Waals surface area contributed by atoms with Gasteiger partial charge in [-0.05, 0) is 38.2 Å². The van der Waals surface area contributed by atoms with Crippen molar-refractivity contribution in [2.24, 2.45) is 0 Å². The minimum absolute atomic E-state index is 0.155. The fourth-order valence-electron chi connectivity index (χ4n) is 4.02. The van der Waals surface area contributed by atoms with Crippen LogP contribution < -0.4 is 5.32 Å². The van der Waals surface area contributed by atoms with Gasteiger partial charge in [0.2, 0.25) is 0 Å². The predicted octanol–water partition coefficient (Wildman–Crippen LogP) is 4.00. The second-order valence-electron chi connectivity index (χ2n) is 7.53. The highest BCUT2D eigenvalue weighted by Gasteiger charge is 2.24. The fraction of sp³-hybridized carbons (Fsp3) is 0.650. The van der Waals surface area contributed by atoms with E-state index >= 15 is 0 Å². The minimum atomic E-state index is 0.155. The van der Waals surface area contributed by atoms with Crippen molar-refractivity contribution in [1.82, 2.24) is 14.9 Å². The molecule has 7 heteroatoms. The largest absolute Gasteiger partial charge is 0.376 e. The zero-order valence-corrected chi connectivity index (χ0v) is 16.8. The van der Waals surface area contributed by atoms with Gasteiger partial charge in [0.15, 0.2) is 0 Å². The van der Waals surface area contributed by atoms with Crippen molar-refractivity contribution in [3.8, 4) is 0 Å². The average molecular weight is 389 g/mol. The third-order valence-corrected chi connectivity index (χ3v) is 6.77. The van der Waals surface area contributed by atoms with Gasteiger partial charge in [-0.2, -0.15) is 0 Å². The zero-order valence-electron chi connectivity index (χ0n) is 16.0. The number of hydrogen-bond acceptors (Lipinski definition) is 6. The molecule has 6 nitrogen and oxygen atoms in total. The Balaban J connectivity index is 1.57. The molecule has 1 atom stereocenters. The van der Waals surface area contributed by atoms with E-state index in [1.54, 1.807) is 6.33 Å². The second-order valence-corrected chi connectivity index (χ2v) is 8.53. The van der Waals surface area contributed by atoms with Gasteiger partial charge < -0.3 is 15.0 Å². The Morgan fingerprint density at radius 2 is 2.00 bits per heavy atom. The molecule has 1 unspecified atom stereocenters. The second kappa shape index (κ2) is 8.52. The number of nitrogens with zero attached hydrogens (tertiary/aromatic N) is 3. The van der Waals surface area contributed by atoms with E-state index in [1.165, 1.54) is 30.6 Å². The maximum absolute atomic E-state index is 13.2. The van der Waals surface area contributed by atoms with E-state index < -0.39 is 0 Å². The van der Waals surface area contributed by atoms with Gasteiger partial charge in [-0.3, -0.25) is 4.79 Å². The third kappa shape index (κ3) is 4.09. The number of hydrogen-bond donors (Lipinski definition) is 1. The molecule has 2 aromatic heterocycles. The summed E-state index contributed by atoms with van der Waals surface area (Å²) in [4.78, 5) is 25.8. The lowest BCUT2D eigenvalue weighted by atomic mass is 10.1. The van der Waals surface area contributed by atoms with E-state index in [0.29, 0.717) is 0 Å². The standard InChI is InChI=1S/C20H28N4O2S/c1-14-16-18(21-12-15-8-7-11-26-15)22-13-23-19(16)27-17(14)20(25)24-9-5-3-2-4-6-10-24/h13,15H,2-12H2,1H3,(H,21,22,23). The van der Waals surface area contributed by atoms with Gasteiger partial charge in [0.25, 0.3) is 5.91 Å². The third-order valence-electron chi connectivity index (χ3n) is 5.59. The zero-order chi connectivity index (χ0) is 18.6. The molecule has 2 aromatic rings. The lowest BCUT2D eigenvalue weighted by molar-refractivity contribution is 0.0746. The Bertz CT molecular complexity index is 793. The van der Waals surface area contributed by atoms with Crippen LogP contribution in [0, 0.1) is 6.92 Å². The molecule has 2 fully saturated rings. The first-order chi connectivity index (χ1) is 13.2. The Kier molecular flexibility index (Phi) is 5.88. The highest BCUT2D eigenvalue weighted by Crippen LogP contribution is 2.34. The number of amides is 1. The molecule has 0 saturated carbocycles. The summed E-state index contributed by atoms with van der Waals surface area (Å²) in [5, 5.41) is 4.41. The Morgan fingerprint density at radius 1 is 1.22 bits per heavy atom. The monoisotopic (exact) mass is 388 g/mol. The molecule has 1 amide bonds. The highest BCUT2D eigenvalue weighted by atomic mass is 32.1. The van der Waals surface area contributed by atoms with Crippen molar-refractivity contribution in [3.63, 3.8) is 0 Å². The summed E-state index contributed by atoms with van der Waals surface area (Å²) < 4.78 is 5.70. The number of anilines is 1. The number of carbonyl (C=O) groups excluding carboxylic acids is 1. The maximum Gasteiger partial charge on any atom is 0.264 e. The molecule has 0 bridgehead atoms. The van der Waals surface area contributed by atoms with E-state index in [1.807, 2.05) is 11.8 Å². The molecule has 2 saturated heterocycles. The van der Waals surface area contributed by atoms with Gasteiger partial charge in [0, 0.05) is 26.2 Å². The predicted molar refractivity (Wildman–Crippen MR) is 109 cm³/mol. The van der Waals surface area contributed by atoms with Crippen molar-refractivity contribution in [2.45, 2.75) is 58.0 Å². The molecule has 0 aromatic carbocycles. The van der Waals surface area contributed by atoms with E-state index in [9.17, 15) is 4.79 Å². The van der Waals surface area contributed by atoms with Gasteiger partial charge in [0.1, 0.15) is 17.0 Å². The number of nitrogens with one attached hydrogen (secondary N) is 1. The molecular weight excluding hydrogens is 360 g/mol. The van der Waals surface area contributed by atoms with E-state index in [0.717, 1.165) is 78.4 Å². The summed E-state index contributed by atoms with van der Waals surface area (Å²) in [7, 11) is 0. The van der Waals surface area contributed by atoms with Crippen molar-refractivity contribution >= 4 is 33.3 Å². The van der Waals surface area contributed by atoms with Gasteiger partial charge >= 0.3 is 0 Å². The number of aromatic nitrogens is 2. The molecule has 0 aliphatic carbocycles. The first-order valence-electron chi connectivity index (χ1n) is 10.1. The van der Waals surface area contributed by atoms with Crippen LogP contribution in [0.5, 0.6) is 0 Å². The van der Waals surface area contributed by atoms with Gasteiger partial charge in [-0.25, -0.2) is 9.97 Å². The topological polar surface area (TPSA) is 67.4 Å². The van der Waals surface area contributed by atoms with E-state index in [4.69, 9.17) is 4.74 Å². The van der Waals surface area contributed by atoms with Crippen LogP contribution in [-0.4, -0.2) is 53.1 Å². The molecule has 2 aliphatic heterocycles. The maximum atomic E-state index is 13.2. The summed E-state index contributed by atoms with van der Waals surface area (Å²) in [6.45, 7) is 5.34. The number of likely N-dealkylation sites (tertiary alicyclic amines) is 1. The van der Waals surface area contributed by atoms with Crippen LogP contribution >= 0.6 is 11.3 Å². The van der Waals surface area contributed by atoms with Crippen LogP contribution in [0.4, 0.5) is 5.82 Å². The fourth-order valence-corrected chi connectivity index (χ4v) is 5.14. The molecular formula is C20H28N4O2S. The summed E-state index contributed by atoms with van der Waals surface area (Å²) in [5.41, 5.74) is 0.998. The first-order valence-corrected chi connectivity index (χ1v) is 10.9. The number of thiophene rings is 1. The average Bonchev–Trinajstić information content (AvgIpc) is 3.28. The van der Waals surface area contributed by atoms with E-state index in [2.05, 4.69) is 15.3 Å². The number of aryl methyl sites for hydroxylation is 1. The summed E-state index contributed by atoms with van der Waals surface area (Å²) in [6, 6.07) is 0. The molecule has 4 heterocycles. The van der Waals surface area contributed by atoms with Gasteiger partial charge in [-0.1, -0.05) is 19.3 Å². The normalized spacial score (nSPS) is 21.2. The lowest BCUT2D eigenvalue weighted by Crippen LogP contribution is -2.33. The Labute approximate surface area is 164 Å². The number of fused-ring (bicyclic) bond motifs is 1. The number of carbonyl (C=O) groups is 1. The molecule has 1 N–H and O–H groups in total. The Hall–Kier alpha value is -1.73. The Morgan fingerprint density at radius 3 is 2.74 bits per heavy atom. The molecule has 27 heavy (non-hydrogen) atoms.